The van der Waals surface area contributed by atoms with Gasteiger partial charge in [-0.15, -0.1) is 0 Å². The van der Waals surface area contributed by atoms with Crippen molar-refractivity contribution in [2.45, 2.75) is 175 Å². The molecule has 3 aliphatic rings. The molecular weight excluding hydrogens is 640 g/mol. The van der Waals surface area contributed by atoms with Gasteiger partial charge in [-0.25, -0.2) is 0 Å². The van der Waals surface area contributed by atoms with Gasteiger partial charge in [0.25, 0.3) is 0 Å². The number of carbonyl (C=O) groups excluding carboxylic acids is 2. The number of ketones is 1. The molecule has 3 heterocycles. The molecule has 0 amide bonds. The summed E-state index contributed by atoms with van der Waals surface area (Å²) in [6.45, 7) is 17.3. The van der Waals surface area contributed by atoms with E-state index in [0.29, 0.717) is 25.7 Å². The molecule has 0 aromatic rings. The van der Waals surface area contributed by atoms with E-state index >= 15 is 0 Å². The molecular formula is C40H66O10. The first-order valence-corrected chi connectivity index (χ1v) is 18.9. The summed E-state index contributed by atoms with van der Waals surface area (Å²) in [6, 6.07) is 0. The topological polar surface area (TPSA) is 152 Å². The zero-order valence-electron chi connectivity index (χ0n) is 31.9. The van der Waals surface area contributed by atoms with E-state index in [2.05, 4.69) is 32.1 Å². The Kier molecular flexibility index (Phi) is 16.4. The average Bonchev–Trinajstić information content (AvgIpc) is 3.05. The summed E-state index contributed by atoms with van der Waals surface area (Å²) < 4.78 is 24.7. The van der Waals surface area contributed by atoms with E-state index in [9.17, 15) is 30.0 Å². The van der Waals surface area contributed by atoms with Crippen molar-refractivity contribution < 1.29 is 49.0 Å². The summed E-state index contributed by atoms with van der Waals surface area (Å²) in [5.41, 5.74) is 1.91. The van der Waals surface area contributed by atoms with Gasteiger partial charge in [-0.3, -0.25) is 9.59 Å². The maximum atomic E-state index is 13.6. The minimum atomic E-state index is -1.71. The third kappa shape index (κ3) is 12.1. The number of aliphatic hydroxyl groups excluding tert-OH is 3. The number of hydrogen-bond acceptors (Lipinski definition) is 10. The molecule has 0 saturated carbocycles. The second-order valence-corrected chi connectivity index (χ2v) is 15.7. The van der Waals surface area contributed by atoms with Crippen LogP contribution >= 0.6 is 0 Å². The molecule has 2 bridgehead atoms. The van der Waals surface area contributed by atoms with Crippen LogP contribution in [-0.4, -0.2) is 87.0 Å². The number of carbonyl (C=O) groups is 2. The van der Waals surface area contributed by atoms with Crippen molar-refractivity contribution in [1.29, 1.82) is 0 Å². The van der Waals surface area contributed by atoms with Gasteiger partial charge in [0.1, 0.15) is 24.1 Å². The quantitative estimate of drug-likeness (QED) is 0.167. The molecule has 14 atom stereocenters. The molecule has 4 N–H and O–H groups in total. The molecule has 1 fully saturated rings. The largest absolute Gasteiger partial charge is 0.462 e. The molecule has 10 heteroatoms. The van der Waals surface area contributed by atoms with E-state index in [4.69, 9.17) is 18.9 Å². The third-order valence-electron chi connectivity index (χ3n) is 11.0. The molecule has 286 valence electrons. The van der Waals surface area contributed by atoms with Crippen molar-refractivity contribution in [1.82, 2.24) is 0 Å². The second kappa shape index (κ2) is 19.2. The Bertz CT molecular complexity index is 1180. The molecule has 0 aliphatic carbocycles. The lowest BCUT2D eigenvalue weighted by atomic mass is 9.79. The molecule has 0 spiro atoms. The monoisotopic (exact) mass is 706 g/mol. The van der Waals surface area contributed by atoms with E-state index in [1.54, 1.807) is 20.8 Å². The summed E-state index contributed by atoms with van der Waals surface area (Å²) in [4.78, 5) is 25.9. The van der Waals surface area contributed by atoms with Crippen LogP contribution in [0.4, 0.5) is 0 Å². The minimum Gasteiger partial charge on any atom is -0.462 e. The fraction of sp³-hybridized carbons (Fsp3) is 0.800. The van der Waals surface area contributed by atoms with Gasteiger partial charge in [-0.2, -0.15) is 0 Å². The lowest BCUT2D eigenvalue weighted by Crippen LogP contribution is -2.48. The van der Waals surface area contributed by atoms with Gasteiger partial charge in [-0.05, 0) is 87.7 Å². The highest BCUT2D eigenvalue weighted by Crippen LogP contribution is 2.35. The van der Waals surface area contributed by atoms with Gasteiger partial charge >= 0.3 is 5.97 Å². The normalized spacial score (nSPS) is 39.3. The van der Waals surface area contributed by atoms with E-state index in [-0.39, 0.29) is 54.8 Å². The molecule has 0 aromatic carbocycles. The van der Waals surface area contributed by atoms with Crippen molar-refractivity contribution >= 4 is 11.8 Å². The summed E-state index contributed by atoms with van der Waals surface area (Å²) in [5.74, 6) is -3.05. The van der Waals surface area contributed by atoms with Crippen molar-refractivity contribution in [3.8, 4) is 0 Å². The number of cyclic esters (lactones) is 1. The van der Waals surface area contributed by atoms with Crippen LogP contribution in [0.3, 0.4) is 0 Å². The van der Waals surface area contributed by atoms with Gasteiger partial charge in [0, 0.05) is 25.2 Å². The highest BCUT2D eigenvalue weighted by molar-refractivity contribution is 5.80. The second-order valence-electron chi connectivity index (χ2n) is 15.7. The number of rotatable bonds is 9. The Morgan fingerprint density at radius 2 is 1.74 bits per heavy atom. The number of Topliss-reactive ketones (excluding diaryl/α,β-unsaturated/α-hetero) is 1. The first-order chi connectivity index (χ1) is 23.4. The molecule has 10 nitrogen and oxygen atoms in total. The smallest absolute Gasteiger partial charge is 0.311 e. The molecule has 3 rings (SSSR count). The summed E-state index contributed by atoms with van der Waals surface area (Å²) in [5, 5.41) is 43.0. The Hall–Kier alpha value is -1.92. The SMILES string of the molecule is CCC(=O)[C@@H](C)[C@@H](O)[C@H](C)C[C@@H](C)C1OC(=O)C[C@@]2(O)CC=C(C)[C@H](O2)/C(C)=C\CCCC(O[C@H]2C[C@@H](O)[C@H](O)[C@@H](C)O2)/C=C/[C@H](C)C[C@H]1C. The summed E-state index contributed by atoms with van der Waals surface area (Å²) >= 11 is 0. The van der Waals surface area contributed by atoms with Crippen LogP contribution in [-0.2, 0) is 28.5 Å². The van der Waals surface area contributed by atoms with E-state index in [1.807, 2.05) is 33.8 Å². The number of aliphatic hydroxyl groups is 4. The molecule has 0 radical (unpaired) electrons. The predicted octanol–water partition coefficient (Wildman–Crippen LogP) is 5.94. The van der Waals surface area contributed by atoms with Crippen LogP contribution in [0.15, 0.2) is 35.5 Å². The van der Waals surface area contributed by atoms with Crippen LogP contribution in [0.25, 0.3) is 0 Å². The standard InChI is InChI=1S/C40H66O10/c1-10-32(41)29(8)36(44)26(5)20-28(7)38-27(6)19-23(2)15-16-31(48-35-21-33(42)37(45)30(9)47-35)14-12-11-13-24(3)39-25(4)17-18-40(46,50-39)22-34(43)49-38/h13,15-17,23,26-31,33,35-39,42,44-46H,10-12,14,18-22H2,1-9H3/b16-15+,24-13-/t23-,26+,27+,28+,29+,30+,31?,33+,35-,36-,37+,38?,39+,40+/m0/s1. The lowest BCUT2D eigenvalue weighted by Gasteiger charge is -2.38. The zero-order chi connectivity index (χ0) is 37.3. The Balaban J connectivity index is 1.88. The van der Waals surface area contributed by atoms with Crippen LogP contribution in [0, 0.1) is 29.6 Å². The highest BCUT2D eigenvalue weighted by Gasteiger charge is 2.40. The average molecular weight is 707 g/mol. The third-order valence-corrected chi connectivity index (χ3v) is 11.0. The van der Waals surface area contributed by atoms with E-state index in [0.717, 1.165) is 24.0 Å². The van der Waals surface area contributed by atoms with Crippen LogP contribution < -0.4 is 0 Å². The number of allylic oxidation sites excluding steroid dienone is 2. The number of esters is 1. The first-order valence-electron chi connectivity index (χ1n) is 18.9. The van der Waals surface area contributed by atoms with Gasteiger partial charge in [0.05, 0.1) is 30.8 Å². The summed E-state index contributed by atoms with van der Waals surface area (Å²) in [6.07, 6.45) is 6.93. The Labute approximate surface area is 300 Å². The lowest BCUT2D eigenvalue weighted by molar-refractivity contribution is -0.254. The van der Waals surface area contributed by atoms with Gasteiger partial charge < -0.3 is 39.4 Å². The molecule has 1 saturated heterocycles. The van der Waals surface area contributed by atoms with Gasteiger partial charge in [-0.1, -0.05) is 65.8 Å². The summed E-state index contributed by atoms with van der Waals surface area (Å²) in [7, 11) is 0. The van der Waals surface area contributed by atoms with E-state index in [1.165, 1.54) is 0 Å². The molecule has 3 aliphatic heterocycles. The fourth-order valence-electron chi connectivity index (χ4n) is 7.82. The maximum Gasteiger partial charge on any atom is 0.311 e. The zero-order valence-corrected chi connectivity index (χ0v) is 31.9. The van der Waals surface area contributed by atoms with Crippen LogP contribution in [0.5, 0.6) is 0 Å². The number of hydrogen-bond donors (Lipinski definition) is 4. The first kappa shape index (κ1) is 42.5. The number of fused-ring (bicyclic) bond motifs is 2. The van der Waals surface area contributed by atoms with Crippen molar-refractivity contribution in [3.05, 3.63) is 35.5 Å². The number of ether oxygens (including phenoxy) is 4. The van der Waals surface area contributed by atoms with Gasteiger partial charge in [0.15, 0.2) is 12.1 Å². The van der Waals surface area contributed by atoms with Crippen molar-refractivity contribution in [2.24, 2.45) is 29.6 Å². The fourth-order valence-corrected chi connectivity index (χ4v) is 7.82. The van der Waals surface area contributed by atoms with Crippen LogP contribution in [0.2, 0.25) is 0 Å². The molecule has 0 aromatic heterocycles. The molecule has 2 unspecified atom stereocenters. The highest BCUT2D eigenvalue weighted by atomic mass is 16.7. The van der Waals surface area contributed by atoms with Crippen LogP contribution in [0.1, 0.15) is 120 Å². The Morgan fingerprint density at radius 1 is 1.06 bits per heavy atom. The van der Waals surface area contributed by atoms with E-state index < -0.39 is 60.6 Å². The maximum absolute atomic E-state index is 13.6. The van der Waals surface area contributed by atoms with Crippen molar-refractivity contribution in [3.63, 3.8) is 0 Å². The van der Waals surface area contributed by atoms with Gasteiger partial charge in [0.2, 0.25) is 0 Å². The minimum absolute atomic E-state index is 0.0163. The van der Waals surface area contributed by atoms with Crippen molar-refractivity contribution in [2.75, 3.05) is 0 Å². The predicted molar refractivity (Wildman–Crippen MR) is 192 cm³/mol. The Morgan fingerprint density at radius 3 is 2.40 bits per heavy atom. The molecule has 50 heavy (non-hydrogen) atoms.